The van der Waals surface area contributed by atoms with Crippen LogP contribution in [0, 0.1) is 19.7 Å². The van der Waals surface area contributed by atoms with Gasteiger partial charge in [-0.05, 0) is 31.5 Å². The molecule has 0 spiro atoms. The van der Waals surface area contributed by atoms with E-state index in [0.29, 0.717) is 17.1 Å². The van der Waals surface area contributed by atoms with E-state index in [1.807, 2.05) is 0 Å². The molecule has 0 radical (unpaired) electrons. The summed E-state index contributed by atoms with van der Waals surface area (Å²) in [4.78, 5) is 16.2. The van der Waals surface area contributed by atoms with Crippen LogP contribution >= 0.6 is 0 Å². The summed E-state index contributed by atoms with van der Waals surface area (Å²) in [5.41, 5.74) is 7.17. The summed E-state index contributed by atoms with van der Waals surface area (Å²) in [7, 11) is 1.40. The fourth-order valence-electron chi connectivity index (χ4n) is 2.20. The number of hydrogen-bond donors (Lipinski definition) is 1. The largest absolute Gasteiger partial charge is 0.494 e. The molecular weight excluding hydrogens is 273 g/mol. The molecule has 0 bridgehead atoms. The molecule has 1 aromatic carbocycles. The van der Waals surface area contributed by atoms with Gasteiger partial charge in [0.1, 0.15) is 5.82 Å². The molecule has 0 amide bonds. The molecule has 0 aliphatic carbocycles. The highest BCUT2D eigenvalue weighted by Crippen LogP contribution is 2.21. The Morgan fingerprint density at radius 3 is 2.67 bits per heavy atom. The minimum Gasteiger partial charge on any atom is -0.494 e. The predicted molar refractivity (Wildman–Crippen MR) is 77.9 cm³/mol. The second kappa shape index (κ2) is 6.05. The van der Waals surface area contributed by atoms with E-state index in [9.17, 15) is 9.18 Å². The highest BCUT2D eigenvalue weighted by atomic mass is 19.1. The molecule has 1 atom stereocenters. The lowest BCUT2D eigenvalue weighted by atomic mass is 10.1. The highest BCUT2D eigenvalue weighted by molar-refractivity contribution is 5.30. The summed E-state index contributed by atoms with van der Waals surface area (Å²) < 4.78 is 20.1. The van der Waals surface area contributed by atoms with Crippen molar-refractivity contribution in [3.63, 3.8) is 0 Å². The fourth-order valence-corrected chi connectivity index (χ4v) is 2.20. The average Bonchev–Trinajstić information content (AvgIpc) is 2.42. The first-order valence-corrected chi connectivity index (χ1v) is 6.56. The number of aromatic nitrogens is 2. The van der Waals surface area contributed by atoms with Crippen molar-refractivity contribution < 1.29 is 9.13 Å². The number of nitrogens with zero attached hydrogens (tertiary/aromatic N) is 2. The maximum atomic E-state index is 13.7. The molecule has 1 heterocycles. The third kappa shape index (κ3) is 3.28. The van der Waals surface area contributed by atoms with Gasteiger partial charge in [0.25, 0.3) is 5.56 Å². The normalized spacial score (nSPS) is 12.2. The Bertz CT molecular complexity index is 713. The van der Waals surface area contributed by atoms with E-state index < -0.39 is 11.9 Å². The Morgan fingerprint density at radius 1 is 1.38 bits per heavy atom. The molecule has 1 aromatic heterocycles. The van der Waals surface area contributed by atoms with Crippen LogP contribution in [0.15, 0.2) is 29.1 Å². The summed E-state index contributed by atoms with van der Waals surface area (Å²) in [6.45, 7) is 3.75. The topological polar surface area (TPSA) is 70.1 Å². The molecule has 0 saturated heterocycles. The average molecular weight is 291 g/mol. The SMILES string of the molecule is COc1ccc(C(N)Cn2c(C)nc(C)cc2=O)cc1F. The number of ether oxygens (including phenoxy) is 1. The van der Waals surface area contributed by atoms with Crippen LogP contribution in [-0.2, 0) is 6.54 Å². The van der Waals surface area contributed by atoms with Crippen molar-refractivity contribution in [2.24, 2.45) is 5.73 Å². The van der Waals surface area contributed by atoms with E-state index in [2.05, 4.69) is 4.98 Å². The van der Waals surface area contributed by atoms with Crippen LogP contribution in [0.2, 0.25) is 0 Å². The third-order valence-corrected chi connectivity index (χ3v) is 3.31. The number of hydrogen-bond acceptors (Lipinski definition) is 4. The summed E-state index contributed by atoms with van der Waals surface area (Å²) in [5, 5.41) is 0. The maximum Gasteiger partial charge on any atom is 0.253 e. The zero-order valence-electron chi connectivity index (χ0n) is 12.3. The molecule has 21 heavy (non-hydrogen) atoms. The molecule has 0 saturated carbocycles. The molecule has 2 aromatic rings. The van der Waals surface area contributed by atoms with Gasteiger partial charge in [0, 0.05) is 24.3 Å². The molecule has 0 aliphatic heterocycles. The summed E-state index contributed by atoms with van der Waals surface area (Å²) >= 11 is 0. The predicted octanol–water partition coefficient (Wildman–Crippen LogP) is 1.71. The number of halogens is 1. The lowest BCUT2D eigenvalue weighted by Gasteiger charge is -2.16. The summed E-state index contributed by atoms with van der Waals surface area (Å²) in [6, 6.07) is 5.48. The van der Waals surface area contributed by atoms with Gasteiger partial charge in [-0.25, -0.2) is 9.37 Å². The molecular formula is C15H18FN3O2. The Labute approximate surface area is 122 Å². The van der Waals surface area contributed by atoms with Gasteiger partial charge in [0.2, 0.25) is 0 Å². The Morgan fingerprint density at radius 2 is 2.10 bits per heavy atom. The van der Waals surface area contributed by atoms with Crippen LogP contribution < -0.4 is 16.0 Å². The Balaban J connectivity index is 2.28. The third-order valence-electron chi connectivity index (χ3n) is 3.31. The van der Waals surface area contributed by atoms with Crippen LogP contribution in [0.1, 0.15) is 23.1 Å². The van der Waals surface area contributed by atoms with Crippen molar-refractivity contribution in [3.05, 3.63) is 57.5 Å². The summed E-state index contributed by atoms with van der Waals surface area (Å²) in [5.74, 6) is 0.275. The summed E-state index contributed by atoms with van der Waals surface area (Å²) in [6.07, 6.45) is 0. The zero-order valence-corrected chi connectivity index (χ0v) is 12.3. The smallest absolute Gasteiger partial charge is 0.253 e. The van der Waals surface area contributed by atoms with Crippen molar-refractivity contribution in [3.8, 4) is 5.75 Å². The van der Waals surface area contributed by atoms with Crippen molar-refractivity contribution in [2.75, 3.05) is 7.11 Å². The molecule has 2 rings (SSSR count). The van der Waals surface area contributed by atoms with Crippen LogP contribution in [0.5, 0.6) is 5.75 Å². The van der Waals surface area contributed by atoms with Gasteiger partial charge in [-0.1, -0.05) is 6.07 Å². The van der Waals surface area contributed by atoms with Gasteiger partial charge in [0.05, 0.1) is 7.11 Å². The van der Waals surface area contributed by atoms with E-state index in [1.165, 1.54) is 29.9 Å². The molecule has 6 heteroatoms. The van der Waals surface area contributed by atoms with Crippen LogP contribution in [0.3, 0.4) is 0 Å². The quantitative estimate of drug-likeness (QED) is 0.931. The Hall–Kier alpha value is -2.21. The van der Waals surface area contributed by atoms with Gasteiger partial charge in [-0.3, -0.25) is 9.36 Å². The molecule has 0 aliphatic rings. The van der Waals surface area contributed by atoms with Crippen LogP contribution in [0.25, 0.3) is 0 Å². The van der Waals surface area contributed by atoms with Crippen molar-refractivity contribution in [1.82, 2.24) is 9.55 Å². The molecule has 0 fully saturated rings. The number of nitrogens with two attached hydrogens (primary N) is 1. The monoisotopic (exact) mass is 291 g/mol. The van der Waals surface area contributed by atoms with Gasteiger partial charge < -0.3 is 10.5 Å². The molecule has 2 N–H and O–H groups in total. The molecule has 112 valence electrons. The number of methoxy groups -OCH3 is 1. The van der Waals surface area contributed by atoms with Gasteiger partial charge >= 0.3 is 0 Å². The van der Waals surface area contributed by atoms with E-state index in [4.69, 9.17) is 10.5 Å². The lowest BCUT2D eigenvalue weighted by molar-refractivity contribution is 0.385. The maximum absolute atomic E-state index is 13.7. The first-order chi connectivity index (χ1) is 9.92. The zero-order chi connectivity index (χ0) is 15.6. The number of benzene rings is 1. The van der Waals surface area contributed by atoms with E-state index in [-0.39, 0.29) is 17.9 Å². The van der Waals surface area contributed by atoms with E-state index in [1.54, 1.807) is 19.9 Å². The van der Waals surface area contributed by atoms with Crippen LogP contribution in [0.4, 0.5) is 4.39 Å². The van der Waals surface area contributed by atoms with E-state index in [0.717, 1.165) is 0 Å². The van der Waals surface area contributed by atoms with Gasteiger partial charge in [-0.2, -0.15) is 0 Å². The standard InChI is InChI=1S/C15H18FN3O2/c1-9-6-15(20)19(10(2)18-9)8-13(17)11-4-5-14(21-3)12(16)7-11/h4-7,13H,8,17H2,1-3H3. The van der Waals surface area contributed by atoms with E-state index >= 15 is 0 Å². The van der Waals surface area contributed by atoms with Crippen LogP contribution in [-0.4, -0.2) is 16.7 Å². The lowest BCUT2D eigenvalue weighted by Crippen LogP contribution is -2.29. The molecule has 1 unspecified atom stereocenters. The van der Waals surface area contributed by atoms with Gasteiger partial charge in [-0.15, -0.1) is 0 Å². The number of rotatable bonds is 4. The van der Waals surface area contributed by atoms with Gasteiger partial charge in [0.15, 0.2) is 11.6 Å². The second-order valence-electron chi connectivity index (χ2n) is 4.89. The Kier molecular flexibility index (Phi) is 4.37. The second-order valence-corrected chi connectivity index (χ2v) is 4.89. The van der Waals surface area contributed by atoms with Crippen molar-refractivity contribution in [1.29, 1.82) is 0 Å². The number of aryl methyl sites for hydroxylation is 2. The first-order valence-electron chi connectivity index (χ1n) is 6.56. The van der Waals surface area contributed by atoms with Crippen molar-refractivity contribution in [2.45, 2.75) is 26.4 Å². The first kappa shape index (κ1) is 15.2. The minimum absolute atomic E-state index is 0.163. The minimum atomic E-state index is -0.508. The fraction of sp³-hybridized carbons (Fsp3) is 0.333. The van der Waals surface area contributed by atoms with Crippen molar-refractivity contribution >= 4 is 0 Å². The highest BCUT2D eigenvalue weighted by Gasteiger charge is 2.13. The molecule has 5 nitrogen and oxygen atoms in total.